The average Bonchev–Trinajstić information content (AvgIpc) is 3.15. The van der Waals surface area contributed by atoms with Gasteiger partial charge in [-0.05, 0) is 30.5 Å². The van der Waals surface area contributed by atoms with E-state index in [0.29, 0.717) is 12.5 Å². The predicted molar refractivity (Wildman–Crippen MR) is 102 cm³/mol. The maximum Gasteiger partial charge on any atom is 0.261 e. The number of nitrogens with one attached hydrogen (secondary N) is 1. The fourth-order valence-corrected chi connectivity index (χ4v) is 3.69. The Morgan fingerprint density at radius 3 is 2.88 bits per heavy atom. The molecule has 0 saturated heterocycles. The molecule has 5 nitrogen and oxygen atoms in total. The van der Waals surface area contributed by atoms with Crippen LogP contribution in [0.1, 0.15) is 29.9 Å². The first-order valence-electron chi connectivity index (χ1n) is 8.38. The van der Waals surface area contributed by atoms with Crippen molar-refractivity contribution in [1.82, 2.24) is 15.1 Å². The molecule has 0 bridgehead atoms. The Labute approximate surface area is 151 Å². The van der Waals surface area contributed by atoms with Crippen molar-refractivity contribution in [1.29, 1.82) is 0 Å². The molecule has 3 rings (SSSR count). The van der Waals surface area contributed by atoms with E-state index in [1.807, 2.05) is 42.1 Å². The lowest BCUT2D eigenvalue weighted by Gasteiger charge is -2.05. The van der Waals surface area contributed by atoms with E-state index in [4.69, 9.17) is 4.74 Å². The maximum absolute atomic E-state index is 12.4. The van der Waals surface area contributed by atoms with Gasteiger partial charge in [0.1, 0.15) is 16.3 Å². The van der Waals surface area contributed by atoms with Crippen molar-refractivity contribution < 1.29 is 9.53 Å². The van der Waals surface area contributed by atoms with Crippen LogP contribution in [0, 0.1) is 5.92 Å². The van der Waals surface area contributed by atoms with Gasteiger partial charge in [-0.15, -0.1) is 11.3 Å². The number of carbonyl (C=O) groups excluding carboxylic acids is 1. The molecule has 0 fully saturated rings. The molecule has 3 aromatic rings. The number of nitrogens with zero attached hydrogens (tertiary/aromatic N) is 2. The molecule has 2 aromatic heterocycles. The Kier molecular flexibility index (Phi) is 5.08. The first kappa shape index (κ1) is 17.5. The monoisotopic (exact) mass is 357 g/mol. The summed E-state index contributed by atoms with van der Waals surface area (Å²) < 4.78 is 7.14. The molecule has 0 radical (unpaired) electrons. The largest absolute Gasteiger partial charge is 0.497 e. The van der Waals surface area contributed by atoms with Gasteiger partial charge in [0, 0.05) is 24.5 Å². The SMILES string of the molecule is COc1cccc(-c2nn(C)c3sc(C(=O)NCCC(C)C)cc23)c1. The molecule has 1 N–H and O–H groups in total. The van der Waals surface area contributed by atoms with E-state index in [9.17, 15) is 4.79 Å². The zero-order valence-electron chi connectivity index (χ0n) is 15.0. The van der Waals surface area contributed by atoms with Gasteiger partial charge in [0.2, 0.25) is 0 Å². The Morgan fingerprint density at radius 1 is 1.36 bits per heavy atom. The average molecular weight is 357 g/mol. The molecule has 25 heavy (non-hydrogen) atoms. The lowest BCUT2D eigenvalue weighted by atomic mass is 10.1. The molecule has 6 heteroatoms. The molecule has 0 atom stereocenters. The van der Waals surface area contributed by atoms with E-state index in [1.54, 1.807) is 7.11 Å². The standard InChI is InChI=1S/C19H23N3O2S/c1-12(2)8-9-20-18(23)16-11-15-17(21-22(3)19(15)25-16)13-6-5-7-14(10-13)24-4/h5-7,10-12H,8-9H2,1-4H3,(H,20,23). The number of hydrogen-bond acceptors (Lipinski definition) is 4. The summed E-state index contributed by atoms with van der Waals surface area (Å²) in [6.45, 7) is 5.00. The van der Waals surface area contributed by atoms with Crippen LogP contribution in [0.15, 0.2) is 30.3 Å². The second-order valence-electron chi connectivity index (χ2n) is 6.47. The molecule has 2 heterocycles. The number of hydrogen-bond donors (Lipinski definition) is 1. The second-order valence-corrected chi connectivity index (χ2v) is 7.50. The van der Waals surface area contributed by atoms with Crippen LogP contribution in [0.3, 0.4) is 0 Å². The lowest BCUT2D eigenvalue weighted by molar-refractivity contribution is 0.0956. The third kappa shape index (κ3) is 3.69. The number of aromatic nitrogens is 2. The van der Waals surface area contributed by atoms with Gasteiger partial charge in [-0.25, -0.2) is 0 Å². The molecule has 1 aromatic carbocycles. The number of aryl methyl sites for hydroxylation is 1. The van der Waals surface area contributed by atoms with Crippen molar-refractivity contribution in [3.05, 3.63) is 35.2 Å². The summed E-state index contributed by atoms with van der Waals surface area (Å²) in [6.07, 6.45) is 0.979. The van der Waals surface area contributed by atoms with E-state index in [1.165, 1.54) is 11.3 Å². The number of amides is 1. The van der Waals surface area contributed by atoms with Gasteiger partial charge in [-0.2, -0.15) is 5.10 Å². The molecule has 1 amide bonds. The summed E-state index contributed by atoms with van der Waals surface area (Å²) in [4.78, 5) is 14.1. The summed E-state index contributed by atoms with van der Waals surface area (Å²) >= 11 is 1.47. The smallest absolute Gasteiger partial charge is 0.261 e. The molecule has 0 saturated carbocycles. The highest BCUT2D eigenvalue weighted by Gasteiger charge is 2.18. The van der Waals surface area contributed by atoms with Crippen molar-refractivity contribution in [3.63, 3.8) is 0 Å². The van der Waals surface area contributed by atoms with Crippen molar-refractivity contribution in [3.8, 4) is 17.0 Å². The van der Waals surface area contributed by atoms with Crippen molar-refractivity contribution in [2.24, 2.45) is 13.0 Å². The van der Waals surface area contributed by atoms with E-state index in [2.05, 4.69) is 24.3 Å². The highest BCUT2D eigenvalue weighted by molar-refractivity contribution is 7.20. The summed E-state index contributed by atoms with van der Waals surface area (Å²) in [5.41, 5.74) is 1.85. The number of carbonyl (C=O) groups is 1. The predicted octanol–water partition coefficient (Wildman–Crippen LogP) is 4.09. The van der Waals surface area contributed by atoms with Crippen molar-refractivity contribution >= 4 is 27.5 Å². The van der Waals surface area contributed by atoms with E-state index in [0.717, 1.165) is 38.5 Å². The zero-order chi connectivity index (χ0) is 18.0. The van der Waals surface area contributed by atoms with Gasteiger partial charge in [-0.1, -0.05) is 26.0 Å². The first-order chi connectivity index (χ1) is 12.0. The minimum atomic E-state index is -0.0153. The molecule has 0 aliphatic rings. The second kappa shape index (κ2) is 7.27. The van der Waals surface area contributed by atoms with Gasteiger partial charge >= 0.3 is 0 Å². The number of rotatable bonds is 6. The molecule has 0 aliphatic heterocycles. The van der Waals surface area contributed by atoms with Gasteiger partial charge < -0.3 is 10.1 Å². The third-order valence-electron chi connectivity index (χ3n) is 4.09. The van der Waals surface area contributed by atoms with Crippen LogP contribution in [-0.2, 0) is 7.05 Å². The number of methoxy groups -OCH3 is 1. The van der Waals surface area contributed by atoms with E-state index in [-0.39, 0.29) is 5.91 Å². The Morgan fingerprint density at radius 2 is 2.16 bits per heavy atom. The highest BCUT2D eigenvalue weighted by atomic mass is 32.1. The lowest BCUT2D eigenvalue weighted by Crippen LogP contribution is -2.24. The van der Waals surface area contributed by atoms with Crippen LogP contribution in [0.4, 0.5) is 0 Å². The molecular weight excluding hydrogens is 334 g/mol. The van der Waals surface area contributed by atoms with E-state index >= 15 is 0 Å². The Bertz CT molecular complexity index is 895. The number of fused-ring (bicyclic) bond motifs is 1. The quantitative estimate of drug-likeness (QED) is 0.723. The summed E-state index contributed by atoms with van der Waals surface area (Å²) in [5, 5.41) is 8.62. The van der Waals surface area contributed by atoms with Gasteiger partial charge in [0.25, 0.3) is 5.91 Å². The summed E-state index contributed by atoms with van der Waals surface area (Å²) in [6, 6.07) is 9.75. The van der Waals surface area contributed by atoms with Crippen LogP contribution in [0.25, 0.3) is 21.5 Å². The summed E-state index contributed by atoms with van der Waals surface area (Å²) in [7, 11) is 3.56. The van der Waals surface area contributed by atoms with Gasteiger partial charge in [0.05, 0.1) is 12.0 Å². The van der Waals surface area contributed by atoms with Crippen LogP contribution in [0.2, 0.25) is 0 Å². The number of thiophene rings is 1. The van der Waals surface area contributed by atoms with Crippen LogP contribution in [0.5, 0.6) is 5.75 Å². The van der Waals surface area contributed by atoms with Crippen LogP contribution >= 0.6 is 11.3 Å². The summed E-state index contributed by atoms with van der Waals surface area (Å²) in [5.74, 6) is 1.35. The zero-order valence-corrected chi connectivity index (χ0v) is 15.8. The fraction of sp³-hybridized carbons (Fsp3) is 0.368. The number of ether oxygens (including phenoxy) is 1. The molecule has 0 aliphatic carbocycles. The minimum absolute atomic E-state index is 0.0153. The molecule has 0 unspecified atom stereocenters. The van der Waals surface area contributed by atoms with Crippen molar-refractivity contribution in [2.75, 3.05) is 13.7 Å². The van der Waals surface area contributed by atoms with Gasteiger partial charge in [0.15, 0.2) is 0 Å². The first-order valence-corrected chi connectivity index (χ1v) is 9.20. The normalized spacial score (nSPS) is 11.2. The van der Waals surface area contributed by atoms with Crippen molar-refractivity contribution in [2.45, 2.75) is 20.3 Å². The third-order valence-corrected chi connectivity index (χ3v) is 5.29. The topological polar surface area (TPSA) is 56.2 Å². The minimum Gasteiger partial charge on any atom is -0.497 e. The molecule has 0 spiro atoms. The molecular formula is C19H23N3O2S. The Balaban J connectivity index is 1.91. The number of benzene rings is 1. The maximum atomic E-state index is 12.4. The molecule has 132 valence electrons. The Hall–Kier alpha value is -2.34. The van der Waals surface area contributed by atoms with Crippen LogP contribution in [-0.4, -0.2) is 29.3 Å². The fourth-order valence-electron chi connectivity index (χ4n) is 2.70. The van der Waals surface area contributed by atoms with Gasteiger partial charge in [-0.3, -0.25) is 9.48 Å². The highest BCUT2D eigenvalue weighted by Crippen LogP contribution is 2.34. The van der Waals surface area contributed by atoms with Crippen LogP contribution < -0.4 is 10.1 Å². The van der Waals surface area contributed by atoms with E-state index < -0.39 is 0 Å².